The van der Waals surface area contributed by atoms with E-state index in [2.05, 4.69) is 9.62 Å². The number of hydrogen-bond donors (Lipinski definition) is 1. The van der Waals surface area contributed by atoms with Crippen molar-refractivity contribution in [1.29, 1.82) is 0 Å². The Balaban J connectivity index is 1.70. The fourth-order valence-electron chi connectivity index (χ4n) is 3.53. The molecule has 1 saturated carbocycles. The number of benzene rings is 2. The minimum Gasteiger partial charge on any atom is -0.306 e. The lowest BCUT2D eigenvalue weighted by molar-refractivity contribution is 0.212. The van der Waals surface area contributed by atoms with Gasteiger partial charge in [0.05, 0.1) is 4.90 Å². The average Bonchev–Trinajstić information content (AvgIpc) is 2.62. The highest BCUT2D eigenvalue weighted by Gasteiger charge is 2.26. The second-order valence-corrected chi connectivity index (χ2v) is 8.95. The van der Waals surface area contributed by atoms with Gasteiger partial charge in [-0.15, -0.1) is 0 Å². The summed E-state index contributed by atoms with van der Waals surface area (Å²) in [6.45, 7) is 0. The van der Waals surface area contributed by atoms with Gasteiger partial charge in [0.1, 0.15) is 11.6 Å². The molecule has 4 nitrogen and oxygen atoms in total. The zero-order valence-corrected chi connectivity index (χ0v) is 16.3. The van der Waals surface area contributed by atoms with Crippen LogP contribution in [0.25, 0.3) is 11.1 Å². The molecule has 0 unspecified atom stereocenters. The van der Waals surface area contributed by atoms with Crippen LogP contribution in [-0.2, 0) is 10.0 Å². The van der Waals surface area contributed by atoms with Crippen LogP contribution in [0.15, 0.2) is 47.4 Å². The van der Waals surface area contributed by atoms with Crippen molar-refractivity contribution in [1.82, 2.24) is 9.62 Å². The van der Waals surface area contributed by atoms with Gasteiger partial charge in [-0.3, -0.25) is 0 Å². The summed E-state index contributed by atoms with van der Waals surface area (Å²) in [4.78, 5) is 2.32. The van der Waals surface area contributed by atoms with E-state index < -0.39 is 21.7 Å². The van der Waals surface area contributed by atoms with E-state index in [9.17, 15) is 17.2 Å². The predicted molar refractivity (Wildman–Crippen MR) is 102 cm³/mol. The van der Waals surface area contributed by atoms with E-state index in [1.54, 1.807) is 0 Å². The van der Waals surface area contributed by atoms with E-state index in [4.69, 9.17) is 0 Å². The van der Waals surface area contributed by atoms with Gasteiger partial charge in [-0.2, -0.15) is 0 Å². The van der Waals surface area contributed by atoms with Crippen LogP contribution in [0.2, 0.25) is 0 Å². The zero-order valence-electron chi connectivity index (χ0n) is 15.5. The summed E-state index contributed by atoms with van der Waals surface area (Å²) in [6, 6.07) is 9.73. The summed E-state index contributed by atoms with van der Waals surface area (Å²) in [7, 11) is 0.454. The smallest absolute Gasteiger partial charge is 0.240 e. The fourth-order valence-corrected chi connectivity index (χ4v) is 4.84. The van der Waals surface area contributed by atoms with Crippen molar-refractivity contribution in [2.24, 2.45) is 0 Å². The van der Waals surface area contributed by atoms with Gasteiger partial charge in [0.25, 0.3) is 0 Å². The third-order valence-corrected chi connectivity index (χ3v) is 6.69. The molecule has 1 N–H and O–H groups in total. The Bertz CT molecular complexity index is 891. The average molecular weight is 394 g/mol. The number of nitrogens with zero attached hydrogens (tertiary/aromatic N) is 1. The van der Waals surface area contributed by atoms with Crippen molar-refractivity contribution in [3.63, 3.8) is 0 Å². The summed E-state index contributed by atoms with van der Waals surface area (Å²) < 4.78 is 55.0. The van der Waals surface area contributed by atoms with Crippen LogP contribution in [0.5, 0.6) is 0 Å². The maximum Gasteiger partial charge on any atom is 0.240 e. The maximum absolute atomic E-state index is 13.9. The first-order valence-corrected chi connectivity index (χ1v) is 10.5. The lowest BCUT2D eigenvalue weighted by Gasteiger charge is -2.32. The Morgan fingerprint density at radius 1 is 0.963 bits per heavy atom. The third-order valence-electron chi connectivity index (χ3n) is 5.16. The molecular formula is C20H24F2N2O2S. The van der Waals surface area contributed by atoms with Gasteiger partial charge in [-0.05, 0) is 69.6 Å². The first-order chi connectivity index (χ1) is 12.8. The van der Waals surface area contributed by atoms with Crippen LogP contribution in [0, 0.1) is 11.6 Å². The molecule has 27 heavy (non-hydrogen) atoms. The van der Waals surface area contributed by atoms with Crippen molar-refractivity contribution in [2.45, 2.75) is 42.7 Å². The number of sulfonamides is 1. The second kappa shape index (κ2) is 8.04. The van der Waals surface area contributed by atoms with Gasteiger partial charge in [0.2, 0.25) is 10.0 Å². The van der Waals surface area contributed by atoms with Crippen LogP contribution in [-0.4, -0.2) is 39.5 Å². The van der Waals surface area contributed by atoms with E-state index >= 15 is 0 Å². The summed E-state index contributed by atoms with van der Waals surface area (Å²) in [5, 5.41) is 0. The maximum atomic E-state index is 13.9. The second-order valence-electron chi connectivity index (χ2n) is 7.24. The first kappa shape index (κ1) is 19.9. The number of rotatable bonds is 5. The van der Waals surface area contributed by atoms with Gasteiger partial charge in [-0.1, -0.05) is 12.1 Å². The Morgan fingerprint density at radius 2 is 1.59 bits per heavy atom. The molecule has 2 aromatic carbocycles. The topological polar surface area (TPSA) is 49.4 Å². The van der Waals surface area contributed by atoms with Crippen LogP contribution in [0.1, 0.15) is 25.7 Å². The van der Waals surface area contributed by atoms with Crippen molar-refractivity contribution in [3.05, 3.63) is 54.1 Å². The zero-order chi connectivity index (χ0) is 19.6. The standard InChI is InChI=1S/C20H24F2N2O2S/c1-24(2)17-8-6-16(7-9-17)23-27(25,26)18-10-3-14(4-11-18)19-12-5-15(21)13-20(19)22/h3-5,10-13,16-17,23H,6-9H2,1-2H3/t16-,17+. The van der Waals surface area contributed by atoms with E-state index in [0.717, 1.165) is 31.7 Å². The monoisotopic (exact) mass is 394 g/mol. The molecule has 0 aliphatic heterocycles. The summed E-state index contributed by atoms with van der Waals surface area (Å²) in [5.41, 5.74) is 0.730. The van der Waals surface area contributed by atoms with Gasteiger partial charge in [0.15, 0.2) is 0 Å². The Kier molecular flexibility index (Phi) is 5.93. The van der Waals surface area contributed by atoms with E-state index in [0.29, 0.717) is 11.6 Å². The van der Waals surface area contributed by atoms with E-state index in [1.807, 2.05) is 14.1 Å². The summed E-state index contributed by atoms with van der Waals surface area (Å²) in [6.07, 6.45) is 3.54. The van der Waals surface area contributed by atoms with Crippen LogP contribution < -0.4 is 4.72 Å². The highest BCUT2D eigenvalue weighted by molar-refractivity contribution is 7.89. The van der Waals surface area contributed by atoms with Crippen molar-refractivity contribution >= 4 is 10.0 Å². The molecule has 7 heteroatoms. The minimum absolute atomic E-state index is 0.0691. The molecule has 0 atom stereocenters. The molecule has 2 aromatic rings. The van der Waals surface area contributed by atoms with Crippen LogP contribution >= 0.6 is 0 Å². The molecule has 0 amide bonds. The van der Waals surface area contributed by atoms with Gasteiger partial charge in [0, 0.05) is 23.7 Å². The lowest BCUT2D eigenvalue weighted by Crippen LogP contribution is -2.41. The molecule has 0 aromatic heterocycles. The normalized spacial score (nSPS) is 20.8. The third kappa shape index (κ3) is 4.72. The van der Waals surface area contributed by atoms with E-state index in [1.165, 1.54) is 36.4 Å². The lowest BCUT2D eigenvalue weighted by atomic mass is 9.91. The summed E-state index contributed by atoms with van der Waals surface area (Å²) in [5.74, 6) is -1.33. The van der Waals surface area contributed by atoms with E-state index in [-0.39, 0.29) is 16.5 Å². The number of halogens is 2. The molecule has 1 aliphatic rings. The van der Waals surface area contributed by atoms with Crippen molar-refractivity contribution in [3.8, 4) is 11.1 Å². The Hall–Kier alpha value is -1.83. The van der Waals surface area contributed by atoms with Crippen LogP contribution in [0.4, 0.5) is 8.78 Å². The molecule has 1 aliphatic carbocycles. The molecule has 0 bridgehead atoms. The van der Waals surface area contributed by atoms with Gasteiger partial charge < -0.3 is 4.90 Å². The largest absolute Gasteiger partial charge is 0.306 e. The quantitative estimate of drug-likeness (QED) is 0.840. The molecule has 0 saturated heterocycles. The molecule has 146 valence electrons. The molecular weight excluding hydrogens is 370 g/mol. The predicted octanol–water partition coefficient (Wildman–Crippen LogP) is 3.78. The Morgan fingerprint density at radius 3 is 2.15 bits per heavy atom. The molecule has 3 rings (SSSR count). The van der Waals surface area contributed by atoms with Gasteiger partial charge >= 0.3 is 0 Å². The first-order valence-electron chi connectivity index (χ1n) is 9.00. The van der Waals surface area contributed by atoms with Crippen molar-refractivity contribution in [2.75, 3.05) is 14.1 Å². The van der Waals surface area contributed by atoms with Crippen LogP contribution in [0.3, 0.4) is 0 Å². The Labute approximate surface area is 159 Å². The minimum atomic E-state index is -3.63. The summed E-state index contributed by atoms with van der Waals surface area (Å²) >= 11 is 0. The highest BCUT2D eigenvalue weighted by Crippen LogP contribution is 2.26. The molecule has 0 radical (unpaired) electrons. The fraction of sp³-hybridized carbons (Fsp3) is 0.400. The number of nitrogens with one attached hydrogen (secondary N) is 1. The number of hydrogen-bond acceptors (Lipinski definition) is 3. The molecule has 0 heterocycles. The molecule has 1 fully saturated rings. The highest BCUT2D eigenvalue weighted by atomic mass is 32.2. The van der Waals surface area contributed by atoms with Gasteiger partial charge in [-0.25, -0.2) is 21.9 Å². The SMILES string of the molecule is CN(C)[C@H]1CC[C@@H](NS(=O)(=O)c2ccc(-c3ccc(F)cc3F)cc2)CC1. The van der Waals surface area contributed by atoms with Crippen molar-refractivity contribution < 1.29 is 17.2 Å². The molecule has 0 spiro atoms.